The van der Waals surface area contributed by atoms with Gasteiger partial charge in [-0.3, -0.25) is 4.79 Å². The zero-order valence-electron chi connectivity index (χ0n) is 9.80. The fourth-order valence-corrected chi connectivity index (χ4v) is 2.29. The van der Waals surface area contributed by atoms with Crippen LogP contribution in [0.15, 0.2) is 36.4 Å². The van der Waals surface area contributed by atoms with Crippen LogP contribution in [0.5, 0.6) is 11.5 Å². The van der Waals surface area contributed by atoms with Gasteiger partial charge in [-0.15, -0.1) is 0 Å². The predicted molar refractivity (Wildman–Crippen MR) is 71.7 cm³/mol. The van der Waals surface area contributed by atoms with Crippen molar-refractivity contribution in [3.8, 4) is 11.5 Å². The molecule has 0 radical (unpaired) electrons. The lowest BCUT2D eigenvalue weighted by Crippen LogP contribution is -2.22. The third-order valence-electron chi connectivity index (χ3n) is 3.14. The molecular formula is C14H10ClNO3. The summed E-state index contributed by atoms with van der Waals surface area (Å²) < 4.78 is 0. The average Bonchev–Trinajstić information content (AvgIpc) is 2.69. The molecule has 0 aromatic heterocycles. The highest BCUT2D eigenvalue weighted by Gasteiger charge is 2.29. The quantitative estimate of drug-likeness (QED) is 0.787. The second kappa shape index (κ2) is 4.17. The first-order valence-electron chi connectivity index (χ1n) is 5.68. The minimum atomic E-state index is -0.287. The summed E-state index contributed by atoms with van der Waals surface area (Å²) in [6.45, 7) is 0.365. The third-order valence-corrected chi connectivity index (χ3v) is 3.39. The van der Waals surface area contributed by atoms with Crippen molar-refractivity contribution in [1.29, 1.82) is 0 Å². The van der Waals surface area contributed by atoms with Crippen molar-refractivity contribution in [3.63, 3.8) is 0 Å². The molecule has 4 nitrogen and oxygen atoms in total. The normalized spacial score (nSPS) is 13.7. The number of benzene rings is 2. The van der Waals surface area contributed by atoms with E-state index in [0.29, 0.717) is 22.7 Å². The first kappa shape index (κ1) is 11.9. The molecule has 1 amide bonds. The van der Waals surface area contributed by atoms with Gasteiger partial charge in [0.15, 0.2) is 11.5 Å². The molecule has 2 aromatic carbocycles. The van der Waals surface area contributed by atoms with Gasteiger partial charge in [-0.1, -0.05) is 11.6 Å². The fourth-order valence-electron chi connectivity index (χ4n) is 2.17. The number of hydrogen-bond donors (Lipinski definition) is 2. The first-order valence-corrected chi connectivity index (χ1v) is 6.06. The van der Waals surface area contributed by atoms with E-state index in [1.807, 2.05) is 0 Å². The van der Waals surface area contributed by atoms with Crippen molar-refractivity contribution in [3.05, 3.63) is 52.5 Å². The van der Waals surface area contributed by atoms with Gasteiger partial charge in [-0.05, 0) is 42.0 Å². The van der Waals surface area contributed by atoms with Crippen LogP contribution >= 0.6 is 11.6 Å². The Kier molecular flexibility index (Phi) is 2.61. The summed E-state index contributed by atoms with van der Waals surface area (Å²) in [5, 5.41) is 19.5. The van der Waals surface area contributed by atoms with E-state index < -0.39 is 0 Å². The monoisotopic (exact) mass is 275 g/mol. The molecule has 0 saturated heterocycles. The highest BCUT2D eigenvalue weighted by Crippen LogP contribution is 2.35. The number of phenolic OH excluding ortho intramolecular Hbond substituents is 2. The van der Waals surface area contributed by atoms with Crippen LogP contribution in [0.3, 0.4) is 0 Å². The summed E-state index contributed by atoms with van der Waals surface area (Å²) in [5.41, 5.74) is 1.82. The third kappa shape index (κ3) is 1.90. The molecule has 96 valence electrons. The molecule has 2 N–H and O–H groups in total. The van der Waals surface area contributed by atoms with E-state index in [9.17, 15) is 15.0 Å². The van der Waals surface area contributed by atoms with Gasteiger partial charge >= 0.3 is 0 Å². The average molecular weight is 276 g/mol. The lowest BCUT2D eigenvalue weighted by atomic mass is 10.1. The Bertz CT molecular complexity index is 667. The van der Waals surface area contributed by atoms with Gasteiger partial charge in [0.2, 0.25) is 0 Å². The Morgan fingerprint density at radius 2 is 1.68 bits per heavy atom. The van der Waals surface area contributed by atoms with Crippen molar-refractivity contribution in [2.45, 2.75) is 6.54 Å². The first-order chi connectivity index (χ1) is 9.06. The number of halogens is 1. The van der Waals surface area contributed by atoms with Crippen molar-refractivity contribution in [2.24, 2.45) is 0 Å². The SMILES string of the molecule is O=C1c2cc(O)c(O)cc2CN1c1ccc(Cl)cc1. The lowest BCUT2D eigenvalue weighted by molar-refractivity contribution is 0.0996. The van der Waals surface area contributed by atoms with E-state index in [2.05, 4.69) is 0 Å². The maximum atomic E-state index is 12.2. The Labute approximate surface area is 114 Å². The minimum Gasteiger partial charge on any atom is -0.504 e. The summed E-state index contributed by atoms with van der Waals surface area (Å²) in [6.07, 6.45) is 0. The van der Waals surface area contributed by atoms with Crippen LogP contribution in [0.4, 0.5) is 5.69 Å². The van der Waals surface area contributed by atoms with Crippen LogP contribution < -0.4 is 4.90 Å². The molecule has 1 aliphatic rings. The van der Waals surface area contributed by atoms with Crippen LogP contribution in [0, 0.1) is 0 Å². The van der Waals surface area contributed by atoms with Gasteiger partial charge in [0, 0.05) is 16.3 Å². The van der Waals surface area contributed by atoms with E-state index in [-0.39, 0.29) is 17.4 Å². The van der Waals surface area contributed by atoms with E-state index in [1.54, 1.807) is 29.2 Å². The van der Waals surface area contributed by atoms with Crippen molar-refractivity contribution >= 4 is 23.2 Å². The largest absolute Gasteiger partial charge is 0.504 e. The second-order valence-corrected chi connectivity index (χ2v) is 4.80. The van der Waals surface area contributed by atoms with Crippen LogP contribution in [0.1, 0.15) is 15.9 Å². The number of hydrogen-bond acceptors (Lipinski definition) is 3. The van der Waals surface area contributed by atoms with Gasteiger partial charge in [-0.25, -0.2) is 0 Å². The number of rotatable bonds is 1. The molecule has 2 aromatic rings. The number of carbonyl (C=O) groups is 1. The predicted octanol–water partition coefficient (Wildman–Crippen LogP) is 2.91. The number of aromatic hydroxyl groups is 2. The molecule has 0 aliphatic carbocycles. The van der Waals surface area contributed by atoms with Gasteiger partial charge in [0.05, 0.1) is 6.54 Å². The minimum absolute atomic E-state index is 0.201. The van der Waals surface area contributed by atoms with Crippen LogP contribution in [0.2, 0.25) is 5.02 Å². The highest BCUT2D eigenvalue weighted by atomic mass is 35.5. The van der Waals surface area contributed by atoms with Gasteiger partial charge in [0.1, 0.15) is 0 Å². The number of phenols is 2. The topological polar surface area (TPSA) is 60.8 Å². The Morgan fingerprint density at radius 3 is 2.37 bits per heavy atom. The standard InChI is InChI=1S/C14H10ClNO3/c15-9-1-3-10(4-2-9)16-7-8-5-12(17)13(18)6-11(8)14(16)19/h1-6,17-18H,7H2. The fraction of sp³-hybridized carbons (Fsp3) is 0.0714. The number of amides is 1. The molecule has 0 saturated carbocycles. The van der Waals surface area contributed by atoms with E-state index in [4.69, 9.17) is 11.6 Å². The van der Waals surface area contributed by atoms with E-state index >= 15 is 0 Å². The number of fused-ring (bicyclic) bond motifs is 1. The van der Waals surface area contributed by atoms with Crippen LogP contribution in [0.25, 0.3) is 0 Å². The molecular weight excluding hydrogens is 266 g/mol. The number of carbonyl (C=O) groups excluding carboxylic acids is 1. The van der Waals surface area contributed by atoms with Gasteiger partial charge in [0.25, 0.3) is 5.91 Å². The molecule has 0 fully saturated rings. The van der Waals surface area contributed by atoms with Gasteiger partial charge < -0.3 is 15.1 Å². The van der Waals surface area contributed by atoms with E-state index in [1.165, 1.54) is 12.1 Å². The molecule has 0 bridgehead atoms. The zero-order chi connectivity index (χ0) is 13.6. The summed E-state index contributed by atoms with van der Waals surface area (Å²) in [4.78, 5) is 13.8. The smallest absolute Gasteiger partial charge is 0.259 e. The van der Waals surface area contributed by atoms with Crippen LogP contribution in [-0.2, 0) is 6.54 Å². The second-order valence-electron chi connectivity index (χ2n) is 4.37. The van der Waals surface area contributed by atoms with Gasteiger partial charge in [-0.2, -0.15) is 0 Å². The highest BCUT2D eigenvalue weighted by molar-refractivity contribution is 6.30. The maximum Gasteiger partial charge on any atom is 0.259 e. The number of anilines is 1. The van der Waals surface area contributed by atoms with E-state index in [0.717, 1.165) is 5.69 Å². The summed E-state index contributed by atoms with van der Waals surface area (Å²) in [7, 11) is 0. The molecule has 0 spiro atoms. The Balaban J connectivity index is 2.01. The molecule has 1 heterocycles. The molecule has 0 atom stereocenters. The molecule has 0 unspecified atom stereocenters. The summed E-state index contributed by atoms with van der Waals surface area (Å²) >= 11 is 5.82. The Hall–Kier alpha value is -2.20. The van der Waals surface area contributed by atoms with Crippen molar-refractivity contribution in [1.82, 2.24) is 0 Å². The molecule has 5 heteroatoms. The number of nitrogens with zero attached hydrogens (tertiary/aromatic N) is 1. The molecule has 19 heavy (non-hydrogen) atoms. The van der Waals surface area contributed by atoms with Crippen molar-refractivity contribution in [2.75, 3.05) is 4.90 Å². The van der Waals surface area contributed by atoms with Crippen molar-refractivity contribution < 1.29 is 15.0 Å². The zero-order valence-corrected chi connectivity index (χ0v) is 10.6. The van der Waals surface area contributed by atoms with Crippen LogP contribution in [-0.4, -0.2) is 16.1 Å². The maximum absolute atomic E-state index is 12.2. The molecule has 3 rings (SSSR count). The lowest BCUT2D eigenvalue weighted by Gasteiger charge is -2.15. The summed E-state index contributed by atoms with van der Waals surface area (Å²) in [6, 6.07) is 9.64. The molecule has 1 aliphatic heterocycles. The summed E-state index contributed by atoms with van der Waals surface area (Å²) in [5.74, 6) is -0.706. The Morgan fingerprint density at radius 1 is 1.05 bits per heavy atom.